The third-order valence-corrected chi connectivity index (χ3v) is 15.9. The number of hydrogen-bond donors (Lipinski definition) is 4. The zero-order valence-corrected chi connectivity index (χ0v) is 39.5. The van der Waals surface area contributed by atoms with Gasteiger partial charge in [0.15, 0.2) is 24.0 Å². The number of ether oxygens (including phenoxy) is 5. The van der Waals surface area contributed by atoms with Crippen molar-refractivity contribution in [3.63, 3.8) is 0 Å². The maximum atomic E-state index is 15.9. The maximum absolute atomic E-state index is 15.9. The molecule has 2 heterocycles. The van der Waals surface area contributed by atoms with Crippen LogP contribution in [0.15, 0.2) is 40.9 Å². The number of pyridine rings is 1. The van der Waals surface area contributed by atoms with Crippen LogP contribution in [0.25, 0.3) is 10.9 Å². The SMILES string of the molecule is COc1c(N2CCN(C(=O)OCOC(=O)C(N)COC(=O)CCC(=O)OCC(=O)[C@@]3(O)CCC4C5CCC6=CC(=O)C=C[C@]6(C)C5[C@@H](O)C[C@@]43C)C(C)C2)c(F)cc2c(=O)c(C(=O)O)cn(C3CC3)c12. The number of aromatic carboxylic acids is 1. The van der Waals surface area contributed by atoms with Gasteiger partial charge in [-0.1, -0.05) is 25.5 Å². The van der Waals surface area contributed by atoms with E-state index in [0.717, 1.165) is 24.5 Å². The van der Waals surface area contributed by atoms with Gasteiger partial charge in [0.05, 0.1) is 37.0 Å². The van der Waals surface area contributed by atoms with Crippen molar-refractivity contribution in [1.82, 2.24) is 9.47 Å². The number of carboxylic acid groups (broad SMARTS) is 1. The van der Waals surface area contributed by atoms with Crippen molar-refractivity contribution in [2.45, 2.75) is 108 Å². The van der Waals surface area contributed by atoms with Gasteiger partial charge in [-0.3, -0.25) is 28.8 Å². The van der Waals surface area contributed by atoms with Gasteiger partial charge >= 0.3 is 30.0 Å². The molecule has 70 heavy (non-hydrogen) atoms. The summed E-state index contributed by atoms with van der Waals surface area (Å²) in [7, 11) is 1.33. The summed E-state index contributed by atoms with van der Waals surface area (Å²) in [4.78, 5) is 104. The van der Waals surface area contributed by atoms with E-state index in [0.29, 0.717) is 19.3 Å². The van der Waals surface area contributed by atoms with E-state index in [2.05, 4.69) is 0 Å². The Balaban J connectivity index is 0.753. The van der Waals surface area contributed by atoms with E-state index in [-0.39, 0.29) is 84.4 Å². The van der Waals surface area contributed by atoms with Gasteiger partial charge in [-0.05, 0) is 81.9 Å². The number of esters is 3. The molecule has 5 fully saturated rings. The van der Waals surface area contributed by atoms with Gasteiger partial charge in [0, 0.05) is 54.7 Å². The smallest absolute Gasteiger partial charge is 0.413 e. The normalized spacial score (nSPS) is 29.5. The minimum absolute atomic E-state index is 0.0116. The highest BCUT2D eigenvalue weighted by Crippen LogP contribution is 2.67. The van der Waals surface area contributed by atoms with Crippen LogP contribution in [0.4, 0.5) is 14.9 Å². The van der Waals surface area contributed by atoms with Gasteiger partial charge in [0.1, 0.15) is 29.5 Å². The number of fused-ring (bicyclic) bond motifs is 6. The highest BCUT2D eigenvalue weighted by Gasteiger charge is 2.68. The van der Waals surface area contributed by atoms with Crippen LogP contribution in [0, 0.1) is 34.4 Å². The molecule has 21 heteroatoms. The zero-order chi connectivity index (χ0) is 50.6. The number of nitrogens with two attached hydrogens (primary N) is 1. The Bertz CT molecular complexity index is 2650. The van der Waals surface area contributed by atoms with Gasteiger partial charge in [-0.25, -0.2) is 14.0 Å². The van der Waals surface area contributed by atoms with Crippen LogP contribution >= 0.6 is 0 Å². The Morgan fingerprint density at radius 2 is 1.70 bits per heavy atom. The highest BCUT2D eigenvalue weighted by atomic mass is 19.1. The lowest BCUT2D eigenvalue weighted by molar-refractivity contribution is -0.181. The average molecular weight is 979 g/mol. The zero-order valence-electron chi connectivity index (χ0n) is 39.5. The molecule has 0 spiro atoms. The standard InChI is InChI=1S/C49H59FN4O16/c1-25-20-52(41-33(50)18-30-40(43(41)66-4)54(27-6-7-27)21-31(42(30)60)44(61)62)15-16-53(25)46(64)70-24-69-45(63)34(51)22-67-37(58)9-10-38(59)68-23-36(57)49(65)14-12-32-29-8-5-26-17-28(55)11-13-47(26,2)39(29)35(56)19-48(32,49)3/h11,13,17-18,21,25,27,29,32,34-35,39,56,65H,5-10,12,14-16,19-20,22-24,51H2,1-4H3,(H,61,62)/t25?,29?,32?,34?,35-,39?,47-,48-,49-/m0/s1. The quantitative estimate of drug-likeness (QED) is 0.113. The van der Waals surface area contributed by atoms with Crippen LogP contribution < -0.4 is 20.8 Å². The number of hydrogen-bond acceptors (Lipinski definition) is 17. The van der Waals surface area contributed by atoms with Crippen LogP contribution in [0.3, 0.4) is 0 Å². The van der Waals surface area contributed by atoms with E-state index in [9.17, 15) is 53.7 Å². The minimum atomic E-state index is -1.86. The molecule has 5 unspecified atom stereocenters. The monoisotopic (exact) mass is 978 g/mol. The van der Waals surface area contributed by atoms with Gasteiger partial charge in [-0.15, -0.1) is 0 Å². The predicted octanol–water partition coefficient (Wildman–Crippen LogP) is 3.10. The molecule has 1 amide bonds. The molecule has 1 saturated heterocycles. The lowest BCUT2D eigenvalue weighted by Gasteiger charge is -2.59. The van der Waals surface area contributed by atoms with Crippen molar-refractivity contribution in [3.8, 4) is 5.75 Å². The molecule has 0 radical (unpaired) electrons. The first-order valence-electron chi connectivity index (χ1n) is 23.6. The Morgan fingerprint density at radius 3 is 2.37 bits per heavy atom. The van der Waals surface area contributed by atoms with Crippen LogP contribution in [0.5, 0.6) is 5.75 Å². The Labute approximate surface area is 401 Å². The number of rotatable bonds is 15. The number of methoxy groups -OCH3 is 1. The third-order valence-electron chi connectivity index (χ3n) is 15.9. The van der Waals surface area contributed by atoms with Gasteiger partial charge in [0.25, 0.3) is 0 Å². The Morgan fingerprint density at radius 1 is 0.986 bits per heavy atom. The highest BCUT2D eigenvalue weighted by molar-refractivity contribution is 6.01. The van der Waals surface area contributed by atoms with E-state index in [1.165, 1.54) is 24.3 Å². The summed E-state index contributed by atoms with van der Waals surface area (Å²) in [6, 6.07) is -1.14. The molecule has 5 aliphatic carbocycles. The molecule has 1 aromatic heterocycles. The first kappa shape index (κ1) is 50.2. The molecule has 6 aliphatic rings. The second kappa shape index (κ2) is 19.2. The average Bonchev–Trinajstić information content (AvgIpc) is 4.12. The van der Waals surface area contributed by atoms with E-state index in [4.69, 9.17) is 29.4 Å². The molecule has 378 valence electrons. The number of halogens is 1. The van der Waals surface area contributed by atoms with Crippen LogP contribution in [0.2, 0.25) is 0 Å². The third kappa shape index (κ3) is 8.95. The number of piperazine rings is 1. The van der Waals surface area contributed by atoms with Crippen LogP contribution in [-0.4, -0.2) is 137 Å². The fourth-order valence-corrected chi connectivity index (χ4v) is 12.1. The number of carboxylic acids is 1. The van der Waals surface area contributed by atoms with E-state index < -0.39 is 120 Å². The van der Waals surface area contributed by atoms with E-state index >= 15 is 4.39 Å². The summed E-state index contributed by atoms with van der Waals surface area (Å²) in [5.41, 5.74) is 2.43. The van der Waals surface area contributed by atoms with Crippen molar-refractivity contribution in [3.05, 3.63) is 57.7 Å². The molecule has 1 aliphatic heterocycles. The maximum Gasteiger partial charge on any atom is 0.413 e. The predicted molar refractivity (Wildman–Crippen MR) is 243 cm³/mol. The molecule has 5 N–H and O–H groups in total. The molecule has 8 rings (SSSR count). The van der Waals surface area contributed by atoms with Crippen molar-refractivity contribution in [2.24, 2.45) is 34.3 Å². The lowest BCUT2D eigenvalue weighted by Crippen LogP contribution is -2.61. The number of ketones is 2. The number of benzene rings is 1. The fraction of sp³-hybridized carbons (Fsp3) is 0.592. The summed E-state index contributed by atoms with van der Waals surface area (Å²) in [5, 5.41) is 33.0. The number of amides is 1. The summed E-state index contributed by atoms with van der Waals surface area (Å²) in [6.07, 6.45) is 7.31. The molecule has 1 aromatic carbocycles. The number of anilines is 1. The lowest BCUT2D eigenvalue weighted by atomic mass is 9.46. The molecular formula is C49H59FN4O16. The number of Topliss-reactive ketones (excluding diaryl/α,β-unsaturated/α-hetero) is 1. The molecule has 0 bridgehead atoms. The largest absolute Gasteiger partial charge is 0.492 e. The van der Waals surface area contributed by atoms with E-state index in [1.54, 1.807) is 22.5 Å². The van der Waals surface area contributed by atoms with E-state index in [1.807, 2.05) is 19.9 Å². The number of aliphatic hydroxyl groups excluding tert-OH is 1. The second-order valence-corrected chi connectivity index (χ2v) is 19.9. The molecule has 2 aromatic rings. The Hall–Kier alpha value is -6.19. The number of allylic oxidation sites excluding steroid dienone is 4. The first-order valence-corrected chi connectivity index (χ1v) is 23.6. The van der Waals surface area contributed by atoms with Gasteiger partial charge < -0.3 is 59.1 Å². The second-order valence-electron chi connectivity index (χ2n) is 19.9. The minimum Gasteiger partial charge on any atom is -0.492 e. The summed E-state index contributed by atoms with van der Waals surface area (Å²) in [6.45, 7) is 3.54. The number of aromatic nitrogens is 1. The fourth-order valence-electron chi connectivity index (χ4n) is 12.1. The number of carbonyl (C=O) groups is 7. The van der Waals surface area contributed by atoms with Crippen LogP contribution in [-0.2, 0) is 42.9 Å². The number of carbonyl (C=O) groups excluding carboxylic acids is 6. The summed E-state index contributed by atoms with van der Waals surface area (Å²) >= 11 is 0. The van der Waals surface area contributed by atoms with Crippen molar-refractivity contribution in [2.75, 3.05) is 51.7 Å². The summed E-state index contributed by atoms with van der Waals surface area (Å²) in [5.74, 6) is -6.15. The van der Waals surface area contributed by atoms with Crippen LogP contribution in [0.1, 0.15) is 95.0 Å². The van der Waals surface area contributed by atoms with Crippen molar-refractivity contribution >= 4 is 58.1 Å². The Kier molecular flexibility index (Phi) is 13.8. The molecule has 4 saturated carbocycles. The molecule has 9 atom stereocenters. The van der Waals surface area contributed by atoms with Gasteiger partial charge in [-0.2, -0.15) is 0 Å². The molecule has 20 nitrogen and oxygen atoms in total. The summed E-state index contributed by atoms with van der Waals surface area (Å²) < 4.78 is 43.5. The van der Waals surface area contributed by atoms with Crippen molar-refractivity contribution < 1.29 is 77.0 Å². The number of nitrogens with zero attached hydrogens (tertiary/aromatic N) is 3. The molecular weight excluding hydrogens is 920 g/mol. The van der Waals surface area contributed by atoms with Gasteiger partial charge in [0.2, 0.25) is 18.0 Å². The first-order chi connectivity index (χ1) is 33.1. The van der Waals surface area contributed by atoms with Crippen molar-refractivity contribution in [1.29, 1.82) is 0 Å². The number of aliphatic hydroxyl groups is 2. The topological polar surface area (TPSA) is 281 Å².